The zero-order chi connectivity index (χ0) is 43.8. The highest BCUT2D eigenvalue weighted by molar-refractivity contribution is 6.32. The number of carboxylic acids is 1. The molecule has 0 aliphatic carbocycles. The van der Waals surface area contributed by atoms with E-state index in [2.05, 4.69) is 23.8 Å². The fourth-order valence-corrected chi connectivity index (χ4v) is 6.21. The van der Waals surface area contributed by atoms with E-state index in [1.54, 1.807) is 54.6 Å². The topological polar surface area (TPSA) is 188 Å². The third-order valence-corrected chi connectivity index (χ3v) is 9.91. The number of anilines is 2. The van der Waals surface area contributed by atoms with Gasteiger partial charge in [0.1, 0.15) is 37.9 Å². The monoisotopic (exact) mass is 883 g/mol. The zero-order valence-corrected chi connectivity index (χ0v) is 35.5. The predicted molar refractivity (Wildman–Crippen MR) is 245 cm³/mol. The molecular weight excluding hydrogens is 831 g/mol. The van der Waals surface area contributed by atoms with E-state index in [0.717, 1.165) is 5.56 Å². The van der Waals surface area contributed by atoms with Crippen LogP contribution in [-0.4, -0.2) is 109 Å². The molecule has 0 spiro atoms. The summed E-state index contributed by atoms with van der Waals surface area (Å²) in [4.78, 5) is 45.2. The molecule has 0 bridgehead atoms. The van der Waals surface area contributed by atoms with Crippen molar-refractivity contribution in [3.05, 3.63) is 89.1 Å². The largest absolute Gasteiger partial charge is 0.569 e. The normalized spacial score (nSPS) is 12.0. The molecule has 16 nitrogen and oxygen atoms in total. The highest BCUT2D eigenvalue weighted by Gasteiger charge is 2.21. The Morgan fingerprint density at radius 2 is 1.17 bits per heavy atom. The van der Waals surface area contributed by atoms with E-state index in [-0.39, 0.29) is 32.5 Å². The van der Waals surface area contributed by atoms with Gasteiger partial charge < -0.3 is 48.3 Å². The second-order valence-electron chi connectivity index (χ2n) is 14.2. The maximum atomic E-state index is 11.5. The standard InChI is InChI=1S/C21H21N3O4.C14H16ClN3O2.C8H8BO4.2CH4/c1-12(2)24(3)20-19(13-5-7-17-18(11-13)28-9-8-27-17)22-15-6-4-14(21(25)26)10-16(15)23-20;1-8(2)18(3)13-12(15)16-10-6-5-9(14(19)20-4)7-11(10)17-13;10-9-13-6-1-2-7-8(5-6)12-4-3-11-7;;/h4-7,10-12H,8-9H2,1-3H3,(H,25,26);5-8H,1-4H3;1-2,5,10H,3-4H2;2*1H4. The van der Waals surface area contributed by atoms with E-state index in [1.165, 1.54) is 7.11 Å². The fourth-order valence-electron chi connectivity index (χ4n) is 5.95. The van der Waals surface area contributed by atoms with Crippen molar-refractivity contribution < 1.29 is 48.1 Å². The van der Waals surface area contributed by atoms with E-state index in [1.807, 2.05) is 55.9 Å². The van der Waals surface area contributed by atoms with Gasteiger partial charge >= 0.3 is 19.6 Å². The average molecular weight is 884 g/mol. The molecule has 2 aliphatic rings. The van der Waals surface area contributed by atoms with Gasteiger partial charge in [-0.2, -0.15) is 0 Å². The molecule has 4 heterocycles. The molecular formula is C45H53BClN6O10. The minimum Gasteiger partial charge on any atom is -0.537 e. The lowest BCUT2D eigenvalue weighted by Crippen LogP contribution is -2.27. The molecule has 63 heavy (non-hydrogen) atoms. The van der Waals surface area contributed by atoms with Crippen LogP contribution in [0.5, 0.6) is 28.7 Å². The highest BCUT2D eigenvalue weighted by Crippen LogP contribution is 2.38. The van der Waals surface area contributed by atoms with Gasteiger partial charge in [-0.1, -0.05) is 26.5 Å². The second-order valence-corrected chi connectivity index (χ2v) is 14.6. The second kappa shape index (κ2) is 22.0. The van der Waals surface area contributed by atoms with Crippen LogP contribution in [0.4, 0.5) is 11.6 Å². The third kappa shape index (κ3) is 11.7. The molecule has 8 rings (SSSR count). The van der Waals surface area contributed by atoms with Crippen molar-refractivity contribution in [3.63, 3.8) is 0 Å². The molecule has 1 radical (unpaired) electrons. The van der Waals surface area contributed by atoms with Gasteiger partial charge in [0.25, 0.3) is 0 Å². The number of benzene rings is 4. The van der Waals surface area contributed by atoms with Crippen molar-refractivity contribution in [3.8, 4) is 40.0 Å². The molecule has 0 amide bonds. The van der Waals surface area contributed by atoms with Crippen LogP contribution in [0.3, 0.4) is 0 Å². The summed E-state index contributed by atoms with van der Waals surface area (Å²) in [6.45, 7) is 10.4. The third-order valence-electron chi connectivity index (χ3n) is 9.65. The van der Waals surface area contributed by atoms with Gasteiger partial charge in [0.15, 0.2) is 39.8 Å². The van der Waals surface area contributed by atoms with Gasteiger partial charge in [-0.05, 0) is 94.4 Å². The van der Waals surface area contributed by atoms with Crippen molar-refractivity contribution in [2.45, 2.75) is 54.6 Å². The number of fused-ring (bicyclic) bond motifs is 4. The smallest absolute Gasteiger partial charge is 0.537 e. The fraction of sp³-hybridized carbons (Fsp3) is 0.333. The molecule has 6 aromatic rings. The number of halogens is 1. The quantitative estimate of drug-likeness (QED) is 0.104. The molecule has 0 atom stereocenters. The Hall–Kier alpha value is -6.59. The van der Waals surface area contributed by atoms with E-state index in [0.29, 0.717) is 113 Å². The van der Waals surface area contributed by atoms with Crippen LogP contribution in [0.1, 0.15) is 63.3 Å². The van der Waals surface area contributed by atoms with Gasteiger partial charge in [-0.15, -0.1) is 0 Å². The Labute approximate surface area is 373 Å². The summed E-state index contributed by atoms with van der Waals surface area (Å²) in [6.07, 6.45) is 0. The van der Waals surface area contributed by atoms with Gasteiger partial charge in [-0.3, -0.25) is 0 Å². The van der Waals surface area contributed by atoms with Gasteiger partial charge in [0, 0.05) is 37.8 Å². The molecule has 2 N–H and O–H groups in total. The van der Waals surface area contributed by atoms with Crippen LogP contribution in [0.25, 0.3) is 33.3 Å². The lowest BCUT2D eigenvalue weighted by molar-refractivity contribution is 0.0600. The lowest BCUT2D eigenvalue weighted by Gasteiger charge is -2.25. The van der Waals surface area contributed by atoms with E-state index < -0.39 is 11.9 Å². The number of aromatic nitrogens is 4. The van der Waals surface area contributed by atoms with Crippen LogP contribution in [0.15, 0.2) is 72.8 Å². The Morgan fingerprint density at radius 1 is 0.667 bits per heavy atom. The summed E-state index contributed by atoms with van der Waals surface area (Å²) >= 11 is 6.16. The van der Waals surface area contributed by atoms with Gasteiger partial charge in [0.2, 0.25) is 0 Å². The Bertz CT molecular complexity index is 2550. The van der Waals surface area contributed by atoms with Crippen LogP contribution in [-0.2, 0) is 4.74 Å². The molecule has 0 saturated carbocycles. The first-order chi connectivity index (χ1) is 29.3. The molecule has 2 aromatic heterocycles. The Morgan fingerprint density at radius 3 is 1.75 bits per heavy atom. The van der Waals surface area contributed by atoms with Gasteiger partial charge in [-0.25, -0.2) is 29.5 Å². The summed E-state index contributed by atoms with van der Waals surface area (Å²) in [7, 11) is 5.82. The van der Waals surface area contributed by atoms with E-state index in [9.17, 15) is 14.7 Å². The summed E-state index contributed by atoms with van der Waals surface area (Å²) in [5.74, 6) is 3.16. The number of hydrogen-bond acceptors (Lipinski definition) is 15. The highest BCUT2D eigenvalue weighted by atomic mass is 35.5. The minimum absolute atomic E-state index is 0. The molecule has 0 unspecified atom stereocenters. The average Bonchev–Trinajstić information content (AvgIpc) is 3.27. The predicted octanol–water partition coefficient (Wildman–Crippen LogP) is 8.16. The first kappa shape index (κ1) is 49.1. The van der Waals surface area contributed by atoms with Crippen LogP contribution >= 0.6 is 11.6 Å². The van der Waals surface area contributed by atoms with Crippen LogP contribution < -0.4 is 33.4 Å². The number of methoxy groups -OCH3 is 1. The first-order valence-electron chi connectivity index (χ1n) is 19.3. The number of carbonyl (C=O) groups excluding carboxylic acids is 1. The first-order valence-corrected chi connectivity index (χ1v) is 19.6. The van der Waals surface area contributed by atoms with Gasteiger partial charge in [0.05, 0.1) is 40.3 Å². The Balaban J connectivity index is 0.000000218. The number of carbonyl (C=O) groups is 2. The number of carboxylic acid groups (broad SMARTS) is 1. The van der Waals surface area contributed by atoms with E-state index >= 15 is 0 Å². The number of aromatic carboxylic acids is 1. The van der Waals surface area contributed by atoms with Crippen molar-refractivity contribution in [2.75, 3.05) is 57.4 Å². The summed E-state index contributed by atoms with van der Waals surface area (Å²) in [6, 6.07) is 21.0. The van der Waals surface area contributed by atoms with E-state index in [4.69, 9.17) is 54.9 Å². The van der Waals surface area contributed by atoms with Crippen LogP contribution in [0, 0.1) is 0 Å². The number of esters is 1. The van der Waals surface area contributed by atoms with Crippen molar-refractivity contribution >= 4 is 64.9 Å². The summed E-state index contributed by atoms with van der Waals surface area (Å²) in [5, 5.41) is 18.0. The summed E-state index contributed by atoms with van der Waals surface area (Å²) in [5.41, 5.74) is 4.64. The maximum Gasteiger partial charge on any atom is 0.569 e. The lowest BCUT2D eigenvalue weighted by atomic mass is 10.1. The number of rotatable bonds is 9. The molecule has 333 valence electrons. The van der Waals surface area contributed by atoms with Crippen molar-refractivity contribution in [1.29, 1.82) is 0 Å². The number of ether oxygens (including phenoxy) is 5. The maximum absolute atomic E-state index is 11.5. The summed E-state index contributed by atoms with van der Waals surface area (Å²) < 4.78 is 31.4. The SMILES string of the molecule is C.C.CC(C)N(C)c1nc2cc(C(=O)O)ccc2nc1-c1ccc2c(c1)OCCO2.COC(=O)c1ccc2nc(Cl)c(N(C)C(C)C)nc2c1.O[B]Oc1ccc2c(c1)OCCO2. The molecule has 4 aromatic carbocycles. The van der Waals surface area contributed by atoms with Crippen LogP contribution in [0.2, 0.25) is 5.15 Å². The molecule has 0 saturated heterocycles. The minimum atomic E-state index is -0.988. The van der Waals surface area contributed by atoms with Crippen molar-refractivity contribution in [2.24, 2.45) is 0 Å². The molecule has 0 fully saturated rings. The number of hydrogen-bond donors (Lipinski definition) is 2. The van der Waals surface area contributed by atoms with Crippen molar-refractivity contribution in [1.82, 2.24) is 19.9 Å². The molecule has 18 heteroatoms. The number of nitrogens with zero attached hydrogens (tertiary/aromatic N) is 6. The zero-order valence-electron chi connectivity index (χ0n) is 34.7. The molecule has 2 aliphatic heterocycles. The Kier molecular flexibility index (Phi) is 17.1.